The van der Waals surface area contributed by atoms with Crippen LogP contribution in [0.2, 0.25) is 0 Å². The number of hydrogen-bond acceptors (Lipinski definition) is 9. The lowest BCUT2D eigenvalue weighted by Crippen LogP contribution is -2.40. The fraction of sp³-hybridized carbons (Fsp3) is 0.429. The van der Waals surface area contributed by atoms with Gasteiger partial charge in [0, 0.05) is 30.2 Å². The fourth-order valence-corrected chi connectivity index (χ4v) is 5.27. The summed E-state index contributed by atoms with van der Waals surface area (Å²) >= 11 is 1.12. The van der Waals surface area contributed by atoms with Gasteiger partial charge in [-0.05, 0) is 44.5 Å². The van der Waals surface area contributed by atoms with Crippen molar-refractivity contribution in [3.05, 3.63) is 41.2 Å². The van der Waals surface area contributed by atoms with Crippen LogP contribution in [0.5, 0.6) is 0 Å². The van der Waals surface area contributed by atoms with E-state index in [2.05, 4.69) is 15.3 Å². The molecule has 0 saturated carbocycles. The van der Waals surface area contributed by atoms with Gasteiger partial charge in [-0.2, -0.15) is 4.31 Å². The lowest BCUT2D eigenvalue weighted by Gasteiger charge is -2.26. The zero-order valence-corrected chi connectivity index (χ0v) is 20.3. The number of morpholine rings is 1. The van der Waals surface area contributed by atoms with Gasteiger partial charge in [0.05, 0.1) is 23.9 Å². The third-order valence-electron chi connectivity index (χ3n) is 4.74. The number of carbonyl (C=O) groups excluding carboxylic acids is 2. The second-order valence-corrected chi connectivity index (χ2v) is 10.3. The van der Waals surface area contributed by atoms with Crippen molar-refractivity contribution in [1.82, 2.24) is 14.3 Å². The summed E-state index contributed by atoms with van der Waals surface area (Å²) in [4.78, 5) is 32.8. The highest BCUT2D eigenvalue weighted by Crippen LogP contribution is 2.23. The number of hydrogen-bond donors (Lipinski definition) is 1. The van der Waals surface area contributed by atoms with Gasteiger partial charge in [0.2, 0.25) is 10.0 Å². The minimum atomic E-state index is -3.70. The van der Waals surface area contributed by atoms with Gasteiger partial charge in [-0.15, -0.1) is 0 Å². The van der Waals surface area contributed by atoms with E-state index in [1.165, 1.54) is 16.4 Å². The molecule has 1 aliphatic heterocycles. The summed E-state index contributed by atoms with van der Waals surface area (Å²) in [6.45, 7) is 6.16. The fourth-order valence-electron chi connectivity index (χ4n) is 3.09. The van der Waals surface area contributed by atoms with Gasteiger partial charge >= 0.3 is 5.97 Å². The van der Waals surface area contributed by atoms with Crippen molar-refractivity contribution < 1.29 is 27.5 Å². The maximum absolute atomic E-state index is 12.9. The number of sulfonamides is 1. The van der Waals surface area contributed by atoms with E-state index >= 15 is 0 Å². The molecule has 1 aromatic carbocycles. The summed E-state index contributed by atoms with van der Waals surface area (Å²) < 4.78 is 37.3. The minimum absolute atomic E-state index is 0.0392. The summed E-state index contributed by atoms with van der Waals surface area (Å²) in [5, 5.41) is 3.08. The van der Waals surface area contributed by atoms with Crippen molar-refractivity contribution >= 4 is 39.3 Å². The predicted octanol–water partition coefficient (Wildman–Crippen LogP) is 1.70. The number of benzene rings is 1. The smallest absolute Gasteiger partial charge is 0.316 e. The van der Waals surface area contributed by atoms with E-state index in [1.54, 1.807) is 13.0 Å². The number of amides is 1. The molecule has 0 unspecified atom stereocenters. The van der Waals surface area contributed by atoms with Crippen molar-refractivity contribution in [1.29, 1.82) is 0 Å². The average molecular weight is 495 g/mol. The molecule has 10 nitrogen and oxygen atoms in total. The van der Waals surface area contributed by atoms with Crippen LogP contribution in [0.1, 0.15) is 17.0 Å². The molecular weight excluding hydrogens is 468 g/mol. The van der Waals surface area contributed by atoms with E-state index in [4.69, 9.17) is 9.47 Å². The first kappa shape index (κ1) is 25.1. The first-order valence-corrected chi connectivity index (χ1v) is 12.7. The van der Waals surface area contributed by atoms with Crippen LogP contribution in [0, 0.1) is 20.8 Å². The highest BCUT2D eigenvalue weighted by atomic mass is 32.2. The predicted molar refractivity (Wildman–Crippen MR) is 123 cm³/mol. The largest absolute Gasteiger partial charge is 0.455 e. The standard InChI is InChI=1S/C21H26N4O6S2/c1-14-4-5-17(33(28,29)25-6-8-30-9-7-25)11-18(14)24-19(26)12-31-20(27)13-32-21-22-15(2)10-16(3)23-21/h4-5,10-11H,6-9,12-13H2,1-3H3,(H,24,26). The third-order valence-corrected chi connectivity index (χ3v) is 7.45. The Hall–Kier alpha value is -2.54. The first-order chi connectivity index (χ1) is 15.6. The highest BCUT2D eigenvalue weighted by molar-refractivity contribution is 7.99. The van der Waals surface area contributed by atoms with Gasteiger partial charge in [-0.1, -0.05) is 17.8 Å². The summed E-state index contributed by atoms with van der Waals surface area (Å²) in [6.07, 6.45) is 0. The molecule has 1 N–H and O–H groups in total. The van der Waals surface area contributed by atoms with E-state index in [1.807, 2.05) is 19.9 Å². The molecule has 2 heterocycles. The molecule has 3 rings (SSSR count). The third kappa shape index (κ3) is 6.97. The quantitative estimate of drug-likeness (QED) is 0.331. The normalized spacial score (nSPS) is 14.6. The van der Waals surface area contributed by atoms with Crippen molar-refractivity contribution in [2.75, 3.05) is 44.0 Å². The zero-order valence-electron chi connectivity index (χ0n) is 18.7. The molecule has 1 fully saturated rings. The number of carbonyl (C=O) groups is 2. The molecule has 1 aromatic heterocycles. The van der Waals surface area contributed by atoms with Crippen LogP contribution in [0.4, 0.5) is 5.69 Å². The van der Waals surface area contributed by atoms with Gasteiger partial charge in [-0.25, -0.2) is 18.4 Å². The summed E-state index contributed by atoms with van der Waals surface area (Å²) in [7, 11) is -3.70. The van der Waals surface area contributed by atoms with Gasteiger partial charge in [0.15, 0.2) is 11.8 Å². The number of rotatable bonds is 8. The Morgan fingerprint density at radius 1 is 1.12 bits per heavy atom. The van der Waals surface area contributed by atoms with Gasteiger partial charge in [0.25, 0.3) is 5.91 Å². The number of ether oxygens (including phenoxy) is 2. The second-order valence-electron chi connectivity index (χ2n) is 7.42. The molecule has 0 bridgehead atoms. The first-order valence-electron chi connectivity index (χ1n) is 10.2. The number of esters is 1. The van der Waals surface area contributed by atoms with E-state index in [0.29, 0.717) is 29.6 Å². The minimum Gasteiger partial charge on any atom is -0.455 e. The Bertz CT molecular complexity index is 1110. The highest BCUT2D eigenvalue weighted by Gasteiger charge is 2.27. The molecule has 178 valence electrons. The van der Waals surface area contributed by atoms with Gasteiger partial charge in [-0.3, -0.25) is 9.59 Å². The molecule has 1 saturated heterocycles. The Kier molecular flexibility index (Phi) is 8.40. The van der Waals surface area contributed by atoms with Crippen LogP contribution >= 0.6 is 11.8 Å². The number of nitrogens with zero attached hydrogens (tertiary/aromatic N) is 3. The number of aryl methyl sites for hydroxylation is 3. The molecule has 1 amide bonds. The molecule has 0 radical (unpaired) electrons. The number of aromatic nitrogens is 2. The summed E-state index contributed by atoms with van der Waals surface area (Å²) in [5.41, 5.74) is 2.61. The second kappa shape index (κ2) is 11.1. The molecule has 0 atom stereocenters. The molecule has 1 aliphatic rings. The lowest BCUT2D eigenvalue weighted by atomic mass is 10.2. The monoisotopic (exact) mass is 494 g/mol. The Labute approximate surface area is 197 Å². The number of nitrogens with one attached hydrogen (secondary N) is 1. The molecular formula is C21H26N4O6S2. The molecule has 0 spiro atoms. The average Bonchev–Trinajstić information content (AvgIpc) is 2.77. The zero-order chi connectivity index (χ0) is 24.0. The molecule has 33 heavy (non-hydrogen) atoms. The van der Waals surface area contributed by atoms with Crippen LogP contribution in [-0.4, -0.2) is 73.2 Å². The van der Waals surface area contributed by atoms with Crippen LogP contribution in [0.25, 0.3) is 0 Å². The molecule has 12 heteroatoms. The topological polar surface area (TPSA) is 128 Å². The summed E-state index contributed by atoms with van der Waals surface area (Å²) in [6, 6.07) is 6.36. The lowest BCUT2D eigenvalue weighted by molar-refractivity contribution is -0.144. The number of anilines is 1. The Morgan fingerprint density at radius 2 is 1.79 bits per heavy atom. The SMILES string of the molecule is Cc1cc(C)nc(SCC(=O)OCC(=O)Nc2cc(S(=O)(=O)N3CCOCC3)ccc2C)n1. The van der Waals surface area contributed by atoms with Crippen LogP contribution in [0.15, 0.2) is 34.3 Å². The van der Waals surface area contributed by atoms with Crippen molar-refractivity contribution in [2.24, 2.45) is 0 Å². The number of thioether (sulfide) groups is 1. The van der Waals surface area contributed by atoms with Crippen molar-refractivity contribution in [3.63, 3.8) is 0 Å². The van der Waals surface area contributed by atoms with Crippen LogP contribution in [-0.2, 0) is 29.1 Å². The van der Waals surface area contributed by atoms with Crippen LogP contribution < -0.4 is 5.32 Å². The maximum atomic E-state index is 12.9. The van der Waals surface area contributed by atoms with Gasteiger partial charge < -0.3 is 14.8 Å². The van der Waals surface area contributed by atoms with Crippen molar-refractivity contribution in [2.45, 2.75) is 30.8 Å². The Morgan fingerprint density at radius 3 is 2.45 bits per heavy atom. The van der Waals surface area contributed by atoms with E-state index in [0.717, 1.165) is 23.1 Å². The van der Waals surface area contributed by atoms with E-state index in [-0.39, 0.29) is 23.7 Å². The van der Waals surface area contributed by atoms with E-state index in [9.17, 15) is 18.0 Å². The Balaban J connectivity index is 1.55. The summed E-state index contributed by atoms with van der Waals surface area (Å²) in [5.74, 6) is -1.19. The van der Waals surface area contributed by atoms with E-state index < -0.39 is 28.5 Å². The van der Waals surface area contributed by atoms with Crippen LogP contribution in [0.3, 0.4) is 0 Å². The van der Waals surface area contributed by atoms with Crippen molar-refractivity contribution in [3.8, 4) is 0 Å². The maximum Gasteiger partial charge on any atom is 0.316 e. The van der Waals surface area contributed by atoms with Gasteiger partial charge in [0.1, 0.15) is 0 Å². The molecule has 0 aliphatic carbocycles. The molecule has 2 aromatic rings.